The van der Waals surface area contributed by atoms with Crippen molar-refractivity contribution < 1.29 is 27.9 Å². The van der Waals surface area contributed by atoms with Crippen molar-refractivity contribution in [3.05, 3.63) is 29.8 Å². The van der Waals surface area contributed by atoms with Gasteiger partial charge in [0.05, 0.1) is 11.5 Å². The van der Waals surface area contributed by atoms with Gasteiger partial charge in [-0.1, -0.05) is 18.6 Å². The molecule has 2 fully saturated rings. The average Bonchev–Trinajstić information content (AvgIpc) is 3.00. The van der Waals surface area contributed by atoms with E-state index in [-0.39, 0.29) is 35.6 Å². The summed E-state index contributed by atoms with van der Waals surface area (Å²) < 4.78 is 29.8. The molecule has 9 heteroatoms. The summed E-state index contributed by atoms with van der Waals surface area (Å²) in [5.74, 6) is -0.871. The second-order valence-corrected chi connectivity index (χ2v) is 8.30. The van der Waals surface area contributed by atoms with Crippen LogP contribution in [-0.2, 0) is 9.59 Å². The number of rotatable bonds is 8. The van der Waals surface area contributed by atoms with Gasteiger partial charge in [-0.2, -0.15) is 8.78 Å². The highest BCUT2D eigenvalue weighted by Gasteiger charge is 2.30. The van der Waals surface area contributed by atoms with Crippen LogP contribution in [0.1, 0.15) is 55.3 Å². The topological polar surface area (TPSA) is 79.0 Å². The lowest BCUT2D eigenvalue weighted by Crippen LogP contribution is -2.46. The molecule has 7 nitrogen and oxygen atoms in total. The zero-order chi connectivity index (χ0) is 22.9. The van der Waals surface area contributed by atoms with Crippen molar-refractivity contribution in [2.24, 2.45) is 5.92 Å². The molecular formula is C23H31F2N3O4. The van der Waals surface area contributed by atoms with Gasteiger partial charge in [-0.05, 0) is 44.2 Å². The lowest BCUT2D eigenvalue weighted by Gasteiger charge is -2.32. The van der Waals surface area contributed by atoms with Crippen molar-refractivity contribution in [2.75, 3.05) is 32.7 Å². The van der Waals surface area contributed by atoms with Gasteiger partial charge in [0.25, 0.3) is 5.91 Å². The van der Waals surface area contributed by atoms with Crippen molar-refractivity contribution in [2.45, 2.75) is 51.6 Å². The number of benzene rings is 1. The highest BCUT2D eigenvalue weighted by atomic mass is 19.3. The Morgan fingerprint density at radius 1 is 1.12 bits per heavy atom. The van der Waals surface area contributed by atoms with Crippen LogP contribution in [0, 0.1) is 5.92 Å². The van der Waals surface area contributed by atoms with Gasteiger partial charge < -0.3 is 19.9 Å². The standard InChI is InChI=1S/C23H31F2N3O4/c24-23(25)32-19-10-4-3-9-18(19)22(31)28-14-6-8-17(16-28)21(30)26-12-7-15-27-13-5-1-2-11-20(27)29/h3-4,9-10,17,23H,1-2,5-8,11-16H2,(H,26,30). The van der Waals surface area contributed by atoms with E-state index in [1.807, 2.05) is 4.90 Å². The molecule has 1 atom stereocenters. The summed E-state index contributed by atoms with van der Waals surface area (Å²) >= 11 is 0. The zero-order valence-electron chi connectivity index (χ0n) is 18.2. The van der Waals surface area contributed by atoms with Crippen molar-refractivity contribution >= 4 is 17.7 Å². The summed E-state index contributed by atoms with van der Waals surface area (Å²) in [5, 5.41) is 2.92. The van der Waals surface area contributed by atoms with Crippen LogP contribution in [0.5, 0.6) is 5.75 Å². The molecule has 3 amide bonds. The first kappa shape index (κ1) is 23.9. The molecule has 2 aliphatic rings. The van der Waals surface area contributed by atoms with Gasteiger partial charge in [-0.15, -0.1) is 0 Å². The molecule has 2 aliphatic heterocycles. The third kappa shape index (κ3) is 6.64. The molecule has 1 N–H and O–H groups in total. The summed E-state index contributed by atoms with van der Waals surface area (Å²) in [4.78, 5) is 41.0. The lowest BCUT2D eigenvalue weighted by molar-refractivity contribution is -0.130. The number of piperidine rings is 1. The normalized spacial score (nSPS) is 19.6. The van der Waals surface area contributed by atoms with Gasteiger partial charge in [0.1, 0.15) is 5.75 Å². The van der Waals surface area contributed by atoms with E-state index >= 15 is 0 Å². The van der Waals surface area contributed by atoms with Gasteiger partial charge in [0.2, 0.25) is 11.8 Å². The van der Waals surface area contributed by atoms with Crippen LogP contribution in [0.25, 0.3) is 0 Å². The maximum Gasteiger partial charge on any atom is 0.387 e. The Balaban J connectivity index is 1.48. The summed E-state index contributed by atoms with van der Waals surface area (Å²) in [6, 6.07) is 5.91. The molecule has 0 saturated carbocycles. The Labute approximate surface area is 187 Å². The highest BCUT2D eigenvalue weighted by molar-refractivity contribution is 5.97. The number of carbonyl (C=O) groups is 3. The Kier molecular flexibility index (Phi) is 8.81. The van der Waals surface area contributed by atoms with E-state index in [9.17, 15) is 23.2 Å². The van der Waals surface area contributed by atoms with Gasteiger partial charge in [0, 0.05) is 39.1 Å². The Hall–Kier alpha value is -2.71. The number of alkyl halides is 2. The first-order valence-electron chi connectivity index (χ1n) is 11.3. The van der Waals surface area contributed by atoms with Gasteiger partial charge in [-0.3, -0.25) is 14.4 Å². The van der Waals surface area contributed by atoms with E-state index in [2.05, 4.69) is 10.1 Å². The maximum atomic E-state index is 12.9. The van der Waals surface area contributed by atoms with Crippen LogP contribution in [0.2, 0.25) is 0 Å². The maximum absolute atomic E-state index is 12.9. The number of nitrogens with zero attached hydrogens (tertiary/aromatic N) is 2. The first-order chi connectivity index (χ1) is 15.5. The van der Waals surface area contributed by atoms with Crippen LogP contribution in [0.3, 0.4) is 0 Å². The molecule has 0 radical (unpaired) electrons. The molecule has 0 aliphatic carbocycles. The number of ether oxygens (including phenoxy) is 1. The molecule has 2 heterocycles. The van der Waals surface area contributed by atoms with Crippen LogP contribution in [0.15, 0.2) is 24.3 Å². The van der Waals surface area contributed by atoms with E-state index in [0.29, 0.717) is 45.3 Å². The number of likely N-dealkylation sites (tertiary alicyclic amines) is 2. The van der Waals surface area contributed by atoms with Crippen molar-refractivity contribution in [1.82, 2.24) is 15.1 Å². The van der Waals surface area contributed by atoms with E-state index < -0.39 is 12.5 Å². The fraction of sp³-hybridized carbons (Fsp3) is 0.609. The third-order valence-corrected chi connectivity index (χ3v) is 5.99. The van der Waals surface area contributed by atoms with E-state index in [1.165, 1.54) is 23.1 Å². The molecule has 2 saturated heterocycles. The van der Waals surface area contributed by atoms with E-state index in [4.69, 9.17) is 0 Å². The van der Waals surface area contributed by atoms with Gasteiger partial charge in [0.15, 0.2) is 0 Å². The number of para-hydroxylation sites is 1. The van der Waals surface area contributed by atoms with E-state index in [1.54, 1.807) is 6.07 Å². The van der Waals surface area contributed by atoms with Crippen molar-refractivity contribution in [3.63, 3.8) is 0 Å². The number of hydrogen-bond acceptors (Lipinski definition) is 4. The molecule has 3 rings (SSSR count). The largest absolute Gasteiger partial charge is 0.434 e. The van der Waals surface area contributed by atoms with Crippen molar-refractivity contribution in [3.8, 4) is 5.75 Å². The third-order valence-electron chi connectivity index (χ3n) is 5.99. The predicted molar refractivity (Wildman–Crippen MR) is 114 cm³/mol. The van der Waals surface area contributed by atoms with Crippen LogP contribution in [0.4, 0.5) is 8.78 Å². The molecule has 0 bridgehead atoms. The van der Waals surface area contributed by atoms with E-state index in [0.717, 1.165) is 25.8 Å². The number of carbonyl (C=O) groups excluding carboxylic acids is 3. The summed E-state index contributed by atoms with van der Waals surface area (Å²) in [5.41, 5.74) is 0.0657. The Morgan fingerprint density at radius 2 is 1.94 bits per heavy atom. The Bertz CT molecular complexity index is 805. The summed E-state index contributed by atoms with van der Waals surface area (Å²) in [6.07, 6.45) is 5.65. The monoisotopic (exact) mass is 451 g/mol. The minimum Gasteiger partial charge on any atom is -0.434 e. The summed E-state index contributed by atoms with van der Waals surface area (Å²) in [6.45, 7) is -0.439. The molecule has 1 aromatic rings. The first-order valence-corrected chi connectivity index (χ1v) is 11.3. The van der Waals surface area contributed by atoms with Gasteiger partial charge >= 0.3 is 6.61 Å². The zero-order valence-corrected chi connectivity index (χ0v) is 18.2. The molecule has 0 aromatic heterocycles. The molecule has 1 unspecified atom stereocenters. The minimum absolute atomic E-state index is 0.0657. The van der Waals surface area contributed by atoms with Gasteiger partial charge in [-0.25, -0.2) is 0 Å². The summed E-state index contributed by atoms with van der Waals surface area (Å²) in [7, 11) is 0. The second kappa shape index (κ2) is 11.8. The molecule has 176 valence electrons. The molecule has 1 aromatic carbocycles. The average molecular weight is 452 g/mol. The smallest absolute Gasteiger partial charge is 0.387 e. The quantitative estimate of drug-likeness (QED) is 0.617. The Morgan fingerprint density at radius 3 is 2.75 bits per heavy atom. The van der Waals surface area contributed by atoms with Crippen molar-refractivity contribution in [1.29, 1.82) is 0 Å². The lowest BCUT2D eigenvalue weighted by atomic mass is 9.96. The second-order valence-electron chi connectivity index (χ2n) is 8.30. The van der Waals surface area contributed by atoms with Crippen LogP contribution in [-0.4, -0.2) is 66.9 Å². The van der Waals surface area contributed by atoms with Crippen LogP contribution < -0.4 is 10.1 Å². The number of nitrogens with one attached hydrogen (secondary N) is 1. The predicted octanol–water partition coefficient (Wildman–Crippen LogP) is 3.05. The van der Waals surface area contributed by atoms with Crippen LogP contribution >= 0.6 is 0 Å². The fourth-order valence-corrected chi connectivity index (χ4v) is 4.29. The SMILES string of the molecule is O=C(NCCCN1CCCCCC1=O)C1CCCN(C(=O)c2ccccc2OC(F)F)C1. The fourth-order valence-electron chi connectivity index (χ4n) is 4.29. The molecule has 32 heavy (non-hydrogen) atoms. The highest BCUT2D eigenvalue weighted by Crippen LogP contribution is 2.25. The molecular weight excluding hydrogens is 420 g/mol. The number of amides is 3. The number of hydrogen-bond donors (Lipinski definition) is 1. The molecule has 0 spiro atoms. The minimum atomic E-state index is -3.02. The number of halogens is 2.